The monoisotopic (exact) mass is 238 g/mol. The molecule has 2 heteroatoms. The van der Waals surface area contributed by atoms with E-state index in [1.165, 1.54) is 77.4 Å². The highest BCUT2D eigenvalue weighted by Crippen LogP contribution is 2.23. The maximum Gasteiger partial charge on any atom is 0.00951 e. The average molecular weight is 238 g/mol. The van der Waals surface area contributed by atoms with Crippen LogP contribution in [0.25, 0.3) is 0 Å². The summed E-state index contributed by atoms with van der Waals surface area (Å²) in [7, 11) is 0. The van der Waals surface area contributed by atoms with Gasteiger partial charge in [0.25, 0.3) is 0 Å². The molecule has 0 unspecified atom stereocenters. The van der Waals surface area contributed by atoms with Crippen LogP contribution in [0.15, 0.2) is 0 Å². The van der Waals surface area contributed by atoms with E-state index < -0.39 is 0 Å². The molecule has 0 spiro atoms. The number of hydrogen-bond acceptors (Lipinski definition) is 2. The second kappa shape index (κ2) is 7.38. The molecule has 0 saturated heterocycles. The van der Waals surface area contributed by atoms with Crippen LogP contribution in [0.5, 0.6) is 0 Å². The molecular weight excluding hydrogens is 208 g/mol. The van der Waals surface area contributed by atoms with E-state index in [9.17, 15) is 0 Å². The van der Waals surface area contributed by atoms with Crippen molar-refractivity contribution in [2.24, 2.45) is 0 Å². The molecule has 1 N–H and O–H groups in total. The lowest BCUT2D eigenvalue weighted by Crippen LogP contribution is -2.36. The zero-order chi connectivity index (χ0) is 11.9. The van der Waals surface area contributed by atoms with Gasteiger partial charge in [-0.25, -0.2) is 0 Å². The maximum absolute atomic E-state index is 3.72. The third kappa shape index (κ3) is 4.26. The van der Waals surface area contributed by atoms with Gasteiger partial charge in [0.15, 0.2) is 0 Å². The summed E-state index contributed by atoms with van der Waals surface area (Å²) in [5.74, 6) is 0. The van der Waals surface area contributed by atoms with E-state index in [0.29, 0.717) is 0 Å². The van der Waals surface area contributed by atoms with Gasteiger partial charge in [0, 0.05) is 12.1 Å². The molecule has 0 aliphatic heterocycles. The molecule has 0 atom stereocenters. The van der Waals surface area contributed by atoms with E-state index in [-0.39, 0.29) is 0 Å². The van der Waals surface area contributed by atoms with Crippen molar-refractivity contribution in [3.63, 3.8) is 0 Å². The van der Waals surface area contributed by atoms with Gasteiger partial charge in [-0.3, -0.25) is 0 Å². The molecule has 0 aromatic carbocycles. The minimum Gasteiger partial charge on any atom is -0.314 e. The molecule has 0 amide bonds. The maximum atomic E-state index is 3.72. The van der Waals surface area contributed by atoms with Gasteiger partial charge in [0.1, 0.15) is 0 Å². The smallest absolute Gasteiger partial charge is 0.00951 e. The molecular formula is C15H30N2. The summed E-state index contributed by atoms with van der Waals surface area (Å²) < 4.78 is 0. The van der Waals surface area contributed by atoms with Crippen molar-refractivity contribution in [1.29, 1.82) is 0 Å². The molecule has 2 rings (SSSR count). The lowest BCUT2D eigenvalue weighted by molar-refractivity contribution is 0.205. The predicted octanol–water partition coefficient (Wildman–Crippen LogP) is 3.17. The molecule has 2 fully saturated rings. The number of nitrogens with zero attached hydrogens (tertiary/aromatic N) is 1. The Bertz CT molecular complexity index is 193. The van der Waals surface area contributed by atoms with Gasteiger partial charge in [-0.2, -0.15) is 0 Å². The quantitative estimate of drug-likeness (QED) is 0.685. The summed E-state index contributed by atoms with van der Waals surface area (Å²) >= 11 is 0. The van der Waals surface area contributed by atoms with Crippen LogP contribution < -0.4 is 5.32 Å². The third-order valence-electron chi connectivity index (χ3n) is 4.66. The summed E-state index contributed by atoms with van der Waals surface area (Å²) in [5, 5.41) is 3.72. The van der Waals surface area contributed by atoms with Crippen molar-refractivity contribution in [2.45, 2.75) is 76.8 Å². The highest BCUT2D eigenvalue weighted by atomic mass is 15.1. The van der Waals surface area contributed by atoms with Crippen LogP contribution in [0.1, 0.15) is 64.7 Å². The summed E-state index contributed by atoms with van der Waals surface area (Å²) in [4.78, 5) is 2.71. The lowest BCUT2D eigenvalue weighted by Gasteiger charge is -2.27. The molecule has 2 aliphatic carbocycles. The summed E-state index contributed by atoms with van der Waals surface area (Å²) in [6, 6.07) is 1.75. The first-order valence-electron chi connectivity index (χ1n) is 7.87. The van der Waals surface area contributed by atoms with Gasteiger partial charge in [-0.05, 0) is 51.7 Å². The normalized spacial score (nSPS) is 22.9. The van der Waals surface area contributed by atoms with Crippen LogP contribution in [0, 0.1) is 0 Å². The lowest BCUT2D eigenvalue weighted by atomic mass is 10.2. The fraction of sp³-hybridized carbons (Fsp3) is 1.00. The molecule has 2 saturated carbocycles. The SMILES string of the molecule is CCN(CCCNC1CCCC1)C1CCCC1. The fourth-order valence-corrected chi connectivity index (χ4v) is 3.59. The molecule has 100 valence electrons. The second-order valence-corrected chi connectivity index (χ2v) is 5.86. The van der Waals surface area contributed by atoms with Gasteiger partial charge < -0.3 is 10.2 Å². The zero-order valence-electron chi connectivity index (χ0n) is 11.6. The van der Waals surface area contributed by atoms with Gasteiger partial charge in [-0.15, -0.1) is 0 Å². The second-order valence-electron chi connectivity index (χ2n) is 5.86. The van der Waals surface area contributed by atoms with Crippen molar-refractivity contribution in [2.75, 3.05) is 19.6 Å². The zero-order valence-corrected chi connectivity index (χ0v) is 11.6. The Balaban J connectivity index is 1.55. The minimum absolute atomic E-state index is 0.844. The summed E-state index contributed by atoms with van der Waals surface area (Å²) in [5.41, 5.74) is 0. The molecule has 0 heterocycles. The highest BCUT2D eigenvalue weighted by molar-refractivity contribution is 4.77. The van der Waals surface area contributed by atoms with E-state index >= 15 is 0 Å². The molecule has 0 radical (unpaired) electrons. The van der Waals surface area contributed by atoms with E-state index in [1.807, 2.05) is 0 Å². The van der Waals surface area contributed by atoms with Crippen LogP contribution in [0.4, 0.5) is 0 Å². The van der Waals surface area contributed by atoms with Crippen molar-refractivity contribution in [3.8, 4) is 0 Å². The average Bonchev–Trinajstić information content (AvgIpc) is 3.01. The first-order chi connectivity index (χ1) is 8.40. The van der Waals surface area contributed by atoms with Crippen molar-refractivity contribution in [3.05, 3.63) is 0 Å². The highest BCUT2D eigenvalue weighted by Gasteiger charge is 2.20. The minimum atomic E-state index is 0.844. The Morgan fingerprint density at radius 1 is 1.00 bits per heavy atom. The molecule has 0 bridgehead atoms. The van der Waals surface area contributed by atoms with Gasteiger partial charge in [0.05, 0.1) is 0 Å². The van der Waals surface area contributed by atoms with E-state index in [1.54, 1.807) is 0 Å². The standard InChI is InChI=1S/C15H30N2/c1-2-17(15-10-5-6-11-15)13-7-12-16-14-8-3-4-9-14/h14-16H,2-13H2,1H3. The molecule has 17 heavy (non-hydrogen) atoms. The molecule has 2 nitrogen and oxygen atoms in total. The van der Waals surface area contributed by atoms with Crippen molar-refractivity contribution >= 4 is 0 Å². The van der Waals surface area contributed by atoms with Gasteiger partial charge >= 0.3 is 0 Å². The topological polar surface area (TPSA) is 15.3 Å². The Morgan fingerprint density at radius 2 is 1.65 bits per heavy atom. The van der Waals surface area contributed by atoms with Crippen molar-refractivity contribution < 1.29 is 0 Å². The predicted molar refractivity (Wildman–Crippen MR) is 74.4 cm³/mol. The summed E-state index contributed by atoms with van der Waals surface area (Å²) in [6.07, 6.45) is 12.9. The van der Waals surface area contributed by atoms with Crippen LogP contribution in [0.3, 0.4) is 0 Å². The van der Waals surface area contributed by atoms with E-state index in [4.69, 9.17) is 0 Å². The third-order valence-corrected chi connectivity index (χ3v) is 4.66. The fourth-order valence-electron chi connectivity index (χ4n) is 3.59. The first kappa shape index (κ1) is 13.4. The number of hydrogen-bond donors (Lipinski definition) is 1. The summed E-state index contributed by atoms with van der Waals surface area (Å²) in [6.45, 7) is 6.10. The van der Waals surface area contributed by atoms with Crippen molar-refractivity contribution in [1.82, 2.24) is 10.2 Å². The van der Waals surface area contributed by atoms with Crippen LogP contribution in [0.2, 0.25) is 0 Å². The Hall–Kier alpha value is -0.0800. The Morgan fingerprint density at radius 3 is 2.29 bits per heavy atom. The molecule has 0 aromatic rings. The van der Waals surface area contributed by atoms with Gasteiger partial charge in [-0.1, -0.05) is 32.6 Å². The largest absolute Gasteiger partial charge is 0.314 e. The van der Waals surface area contributed by atoms with Crippen LogP contribution >= 0.6 is 0 Å². The first-order valence-corrected chi connectivity index (χ1v) is 7.87. The Kier molecular flexibility index (Phi) is 5.79. The number of nitrogens with one attached hydrogen (secondary N) is 1. The molecule has 0 aromatic heterocycles. The Labute approximate surface area is 107 Å². The van der Waals surface area contributed by atoms with E-state index in [2.05, 4.69) is 17.1 Å². The van der Waals surface area contributed by atoms with Crippen LogP contribution in [-0.2, 0) is 0 Å². The molecule has 2 aliphatic rings. The van der Waals surface area contributed by atoms with Gasteiger partial charge in [0.2, 0.25) is 0 Å². The van der Waals surface area contributed by atoms with Crippen LogP contribution in [-0.4, -0.2) is 36.6 Å². The van der Waals surface area contributed by atoms with E-state index in [0.717, 1.165) is 12.1 Å². The number of rotatable bonds is 7.